The monoisotopic (exact) mass is 391 g/mol. The fraction of sp³-hybridized carbons (Fsp3) is 0.200. The van der Waals surface area contributed by atoms with Gasteiger partial charge in [-0.15, -0.1) is 0 Å². The van der Waals surface area contributed by atoms with Gasteiger partial charge in [0, 0.05) is 15.6 Å². The number of rotatable bonds is 4. The van der Waals surface area contributed by atoms with Crippen LogP contribution in [0.1, 0.15) is 17.2 Å². The number of hydrogen-bond acceptors (Lipinski definition) is 2. The second-order valence-electron chi connectivity index (χ2n) is 4.40. The van der Waals surface area contributed by atoms with Crippen molar-refractivity contribution in [1.82, 2.24) is 5.32 Å². The Bertz CT molecular complexity index is 666. The van der Waals surface area contributed by atoms with Crippen molar-refractivity contribution < 1.29 is 9.13 Å². The second kappa shape index (κ2) is 6.97. The lowest BCUT2D eigenvalue weighted by atomic mass is 9.98. The molecule has 0 aliphatic heterocycles. The number of benzene rings is 2. The lowest BCUT2D eigenvalue weighted by Crippen LogP contribution is -2.18. The molecule has 0 bridgehead atoms. The van der Waals surface area contributed by atoms with E-state index in [4.69, 9.17) is 27.9 Å². The molecule has 6 heteroatoms. The van der Waals surface area contributed by atoms with Gasteiger partial charge in [-0.3, -0.25) is 0 Å². The maximum atomic E-state index is 13.2. The van der Waals surface area contributed by atoms with Gasteiger partial charge in [0.1, 0.15) is 11.6 Å². The SMILES string of the molecule is CNC(c1cc(Cl)c(OC)cc1Cl)c1ccc(F)cc1Br. The molecule has 1 unspecified atom stereocenters. The van der Waals surface area contributed by atoms with Crippen LogP contribution in [-0.4, -0.2) is 14.2 Å². The fourth-order valence-corrected chi connectivity index (χ4v) is 3.23. The van der Waals surface area contributed by atoms with E-state index in [0.29, 0.717) is 20.3 Å². The zero-order chi connectivity index (χ0) is 15.6. The molecule has 0 aliphatic carbocycles. The molecule has 2 rings (SSSR count). The van der Waals surface area contributed by atoms with Crippen molar-refractivity contribution in [2.45, 2.75) is 6.04 Å². The third kappa shape index (κ3) is 3.51. The predicted octanol–water partition coefficient (Wildman–Crippen LogP) is 5.21. The van der Waals surface area contributed by atoms with Crippen LogP contribution < -0.4 is 10.1 Å². The maximum absolute atomic E-state index is 13.2. The molecular weight excluding hydrogens is 380 g/mol. The maximum Gasteiger partial charge on any atom is 0.138 e. The Balaban J connectivity index is 2.53. The molecule has 0 heterocycles. The van der Waals surface area contributed by atoms with E-state index >= 15 is 0 Å². The van der Waals surface area contributed by atoms with Crippen LogP contribution in [0.15, 0.2) is 34.8 Å². The largest absolute Gasteiger partial charge is 0.495 e. The van der Waals surface area contributed by atoms with Crippen molar-refractivity contribution in [3.05, 3.63) is 61.8 Å². The summed E-state index contributed by atoms with van der Waals surface area (Å²) in [5.74, 6) is 0.206. The predicted molar refractivity (Wildman–Crippen MR) is 88.0 cm³/mol. The van der Waals surface area contributed by atoms with Crippen molar-refractivity contribution in [2.24, 2.45) is 0 Å². The molecule has 0 spiro atoms. The zero-order valence-corrected chi connectivity index (χ0v) is 14.5. The Hall–Kier alpha value is -0.810. The Labute approximate surface area is 141 Å². The molecule has 2 aromatic rings. The van der Waals surface area contributed by atoms with Gasteiger partial charge in [-0.1, -0.05) is 45.2 Å². The van der Waals surface area contributed by atoms with Crippen LogP contribution in [0.2, 0.25) is 10.0 Å². The molecule has 2 nitrogen and oxygen atoms in total. The number of methoxy groups -OCH3 is 1. The van der Waals surface area contributed by atoms with Gasteiger partial charge in [0.25, 0.3) is 0 Å². The van der Waals surface area contributed by atoms with Gasteiger partial charge in [0.15, 0.2) is 0 Å². The van der Waals surface area contributed by atoms with Crippen LogP contribution in [0.25, 0.3) is 0 Å². The molecule has 21 heavy (non-hydrogen) atoms. The molecule has 0 aromatic heterocycles. The van der Waals surface area contributed by atoms with E-state index in [1.807, 2.05) is 0 Å². The summed E-state index contributed by atoms with van der Waals surface area (Å²) in [7, 11) is 3.33. The van der Waals surface area contributed by atoms with E-state index in [2.05, 4.69) is 21.2 Å². The fourth-order valence-electron chi connectivity index (χ4n) is 2.14. The van der Waals surface area contributed by atoms with Gasteiger partial charge in [-0.05, 0) is 36.4 Å². The summed E-state index contributed by atoms with van der Waals surface area (Å²) in [4.78, 5) is 0. The van der Waals surface area contributed by atoms with E-state index in [0.717, 1.165) is 11.1 Å². The third-order valence-corrected chi connectivity index (χ3v) is 4.45. The summed E-state index contributed by atoms with van der Waals surface area (Å²) < 4.78 is 19.0. The average molecular weight is 393 g/mol. The molecule has 0 amide bonds. The first-order chi connectivity index (χ1) is 9.97. The van der Waals surface area contributed by atoms with E-state index < -0.39 is 0 Å². The summed E-state index contributed by atoms with van der Waals surface area (Å²) in [5, 5.41) is 4.15. The lowest BCUT2D eigenvalue weighted by molar-refractivity contribution is 0.415. The highest BCUT2D eigenvalue weighted by Gasteiger charge is 2.20. The summed E-state index contributed by atoms with van der Waals surface area (Å²) in [5.41, 5.74) is 1.65. The standard InChI is InChI=1S/C15H13BrCl2FNO/c1-20-15(9-4-3-8(19)5-11(9)16)10-6-13(18)14(21-2)7-12(10)17/h3-7,15,20H,1-2H3. The minimum Gasteiger partial charge on any atom is -0.495 e. The quantitative estimate of drug-likeness (QED) is 0.770. The minimum absolute atomic E-state index is 0.226. The first-order valence-corrected chi connectivity index (χ1v) is 7.68. The van der Waals surface area contributed by atoms with Crippen molar-refractivity contribution in [2.75, 3.05) is 14.2 Å². The molecular formula is C15H13BrCl2FNO. The smallest absolute Gasteiger partial charge is 0.138 e. The van der Waals surface area contributed by atoms with Gasteiger partial charge >= 0.3 is 0 Å². The summed E-state index contributed by atoms with van der Waals surface area (Å²) in [6, 6.07) is 7.72. The molecule has 0 radical (unpaired) electrons. The second-order valence-corrected chi connectivity index (χ2v) is 6.06. The van der Waals surface area contributed by atoms with Gasteiger partial charge in [0.2, 0.25) is 0 Å². The molecule has 0 saturated carbocycles. The topological polar surface area (TPSA) is 21.3 Å². The Kier molecular flexibility index (Phi) is 5.49. The van der Waals surface area contributed by atoms with E-state index in [9.17, 15) is 4.39 Å². The highest BCUT2D eigenvalue weighted by Crippen LogP contribution is 2.37. The molecule has 0 fully saturated rings. The highest BCUT2D eigenvalue weighted by atomic mass is 79.9. The zero-order valence-electron chi connectivity index (χ0n) is 11.4. The van der Waals surface area contributed by atoms with Gasteiger partial charge < -0.3 is 10.1 Å². The van der Waals surface area contributed by atoms with Gasteiger partial charge in [0.05, 0.1) is 18.2 Å². The van der Waals surface area contributed by atoms with Crippen LogP contribution in [0.5, 0.6) is 5.75 Å². The normalized spacial score (nSPS) is 12.3. The molecule has 2 aromatic carbocycles. The van der Waals surface area contributed by atoms with Crippen molar-refractivity contribution >= 4 is 39.1 Å². The van der Waals surface area contributed by atoms with Crippen LogP contribution in [0.4, 0.5) is 4.39 Å². The summed E-state index contributed by atoms with van der Waals surface area (Å²) >= 11 is 15.9. The highest BCUT2D eigenvalue weighted by molar-refractivity contribution is 9.10. The van der Waals surface area contributed by atoms with Crippen molar-refractivity contribution in [1.29, 1.82) is 0 Å². The molecule has 1 N–H and O–H groups in total. The Morgan fingerprint density at radius 1 is 1.14 bits per heavy atom. The van der Waals surface area contributed by atoms with E-state index in [-0.39, 0.29) is 11.9 Å². The average Bonchev–Trinajstić information content (AvgIpc) is 2.45. The molecule has 0 saturated heterocycles. The summed E-state index contributed by atoms with van der Waals surface area (Å²) in [6.45, 7) is 0. The number of hydrogen-bond donors (Lipinski definition) is 1. The van der Waals surface area contributed by atoms with Crippen LogP contribution >= 0.6 is 39.1 Å². The molecule has 1 atom stereocenters. The molecule has 112 valence electrons. The third-order valence-electron chi connectivity index (χ3n) is 3.14. The van der Waals surface area contributed by atoms with Crippen LogP contribution in [0, 0.1) is 5.82 Å². The van der Waals surface area contributed by atoms with E-state index in [1.54, 1.807) is 25.2 Å². The molecule has 0 aliphatic rings. The Morgan fingerprint density at radius 3 is 2.43 bits per heavy atom. The minimum atomic E-state index is -0.306. The van der Waals surface area contributed by atoms with Crippen LogP contribution in [0.3, 0.4) is 0 Å². The number of nitrogens with one attached hydrogen (secondary N) is 1. The first kappa shape index (κ1) is 16.6. The van der Waals surface area contributed by atoms with Gasteiger partial charge in [-0.25, -0.2) is 4.39 Å². The van der Waals surface area contributed by atoms with Crippen molar-refractivity contribution in [3.63, 3.8) is 0 Å². The van der Waals surface area contributed by atoms with Crippen LogP contribution in [-0.2, 0) is 0 Å². The summed E-state index contributed by atoms with van der Waals surface area (Å²) in [6.07, 6.45) is 0. The van der Waals surface area contributed by atoms with Gasteiger partial charge in [-0.2, -0.15) is 0 Å². The Morgan fingerprint density at radius 2 is 1.86 bits per heavy atom. The lowest BCUT2D eigenvalue weighted by Gasteiger charge is -2.21. The van der Waals surface area contributed by atoms with E-state index in [1.165, 1.54) is 19.2 Å². The number of ether oxygens (including phenoxy) is 1. The number of halogens is 4. The van der Waals surface area contributed by atoms with Crippen molar-refractivity contribution in [3.8, 4) is 5.75 Å². The first-order valence-electron chi connectivity index (χ1n) is 6.13.